The van der Waals surface area contributed by atoms with Crippen LogP contribution < -0.4 is 9.88 Å². The molecular formula is C16H18N3O4S2+. The number of fused-ring (bicyclic) bond motifs is 1. The van der Waals surface area contributed by atoms with Crippen molar-refractivity contribution < 1.29 is 24.1 Å². The van der Waals surface area contributed by atoms with Crippen LogP contribution >= 0.6 is 23.5 Å². The number of rotatable bonds is 5. The molecule has 0 saturated carbocycles. The van der Waals surface area contributed by atoms with Gasteiger partial charge < -0.3 is 5.11 Å². The number of aliphatic carboxylic acids is 1. The van der Waals surface area contributed by atoms with Crippen LogP contribution in [0.4, 0.5) is 5.82 Å². The van der Waals surface area contributed by atoms with E-state index in [4.69, 9.17) is 0 Å². The van der Waals surface area contributed by atoms with Gasteiger partial charge in [0.2, 0.25) is 5.91 Å². The van der Waals surface area contributed by atoms with Gasteiger partial charge in [-0.1, -0.05) is 0 Å². The van der Waals surface area contributed by atoms with Gasteiger partial charge in [-0.25, -0.2) is 19.5 Å². The molecule has 7 nitrogen and oxygen atoms in total. The van der Waals surface area contributed by atoms with Crippen molar-refractivity contribution in [3.8, 4) is 0 Å². The molecule has 2 amide bonds. The maximum atomic E-state index is 11.7. The first-order valence-electron chi connectivity index (χ1n) is 7.66. The molecular weight excluding hydrogens is 362 g/mol. The Morgan fingerprint density at radius 1 is 1.52 bits per heavy atom. The monoisotopic (exact) mass is 380 g/mol. The molecule has 0 radical (unpaired) electrons. The van der Waals surface area contributed by atoms with Crippen molar-refractivity contribution in [3.05, 3.63) is 34.5 Å². The molecule has 25 heavy (non-hydrogen) atoms. The highest BCUT2D eigenvalue weighted by Crippen LogP contribution is 2.43. The zero-order chi connectivity index (χ0) is 18.1. The van der Waals surface area contributed by atoms with E-state index in [2.05, 4.69) is 5.32 Å². The average Bonchev–Trinajstić information content (AvgIpc) is 2.54. The fourth-order valence-electron chi connectivity index (χ4n) is 2.67. The van der Waals surface area contributed by atoms with E-state index in [9.17, 15) is 19.5 Å². The summed E-state index contributed by atoms with van der Waals surface area (Å²) in [7, 11) is 1.83. The highest BCUT2D eigenvalue weighted by molar-refractivity contribution is 8.05. The van der Waals surface area contributed by atoms with E-state index in [1.807, 2.05) is 25.4 Å². The van der Waals surface area contributed by atoms with Crippen LogP contribution in [0.15, 0.2) is 28.9 Å². The third-order valence-electron chi connectivity index (χ3n) is 3.95. The van der Waals surface area contributed by atoms with Gasteiger partial charge >= 0.3 is 11.9 Å². The Hall–Kier alpha value is -2.00. The van der Waals surface area contributed by atoms with Crippen molar-refractivity contribution in [2.75, 3.05) is 11.1 Å². The number of nitrogens with zero attached hydrogens (tertiary/aromatic N) is 2. The fourth-order valence-corrected chi connectivity index (χ4v) is 5.17. The van der Waals surface area contributed by atoms with E-state index < -0.39 is 5.97 Å². The highest BCUT2D eigenvalue weighted by Gasteiger charge is 2.45. The number of aromatic nitrogens is 1. The standard InChI is InChI=1S/C16H17N3O4S2/c1-9(20)17-12-5-10(3-4-18(12)2)7-24-11-8-25-14-6-13(21)19(14)15(11)16(22)23/h3-5,14H,6-8H2,1-2H3,(H,22,23)/p+1. The van der Waals surface area contributed by atoms with Crippen LogP contribution in [-0.4, -0.2) is 38.9 Å². The van der Waals surface area contributed by atoms with Gasteiger partial charge in [0.05, 0.1) is 25.0 Å². The Balaban J connectivity index is 1.78. The van der Waals surface area contributed by atoms with Gasteiger partial charge in [0, 0.05) is 29.4 Å². The Morgan fingerprint density at radius 2 is 2.28 bits per heavy atom. The van der Waals surface area contributed by atoms with E-state index >= 15 is 0 Å². The van der Waals surface area contributed by atoms with Gasteiger partial charge in [0.15, 0.2) is 0 Å². The van der Waals surface area contributed by atoms with Gasteiger partial charge in [-0.05, 0) is 11.6 Å². The molecule has 0 spiro atoms. The lowest BCUT2D eigenvalue weighted by atomic mass is 10.1. The predicted octanol–water partition coefficient (Wildman–Crippen LogP) is 1.30. The molecule has 2 N–H and O–H groups in total. The molecule has 9 heteroatoms. The molecule has 132 valence electrons. The van der Waals surface area contributed by atoms with Crippen LogP contribution in [0.2, 0.25) is 0 Å². The minimum Gasteiger partial charge on any atom is -0.477 e. The van der Waals surface area contributed by atoms with Gasteiger partial charge in [-0.3, -0.25) is 9.69 Å². The molecule has 0 bridgehead atoms. The third-order valence-corrected chi connectivity index (χ3v) is 6.52. The summed E-state index contributed by atoms with van der Waals surface area (Å²) < 4.78 is 1.80. The summed E-state index contributed by atoms with van der Waals surface area (Å²) in [6.45, 7) is 1.45. The number of anilines is 1. The number of pyridine rings is 1. The number of carboxylic acid groups (broad SMARTS) is 1. The van der Waals surface area contributed by atoms with Crippen molar-refractivity contribution >= 4 is 47.1 Å². The molecule has 1 atom stereocenters. The summed E-state index contributed by atoms with van der Waals surface area (Å²) in [5, 5.41) is 12.2. The first kappa shape index (κ1) is 17.8. The van der Waals surface area contributed by atoms with E-state index in [0.717, 1.165) is 5.56 Å². The van der Waals surface area contributed by atoms with Crippen molar-refractivity contribution in [3.63, 3.8) is 0 Å². The lowest BCUT2D eigenvalue weighted by Gasteiger charge is -2.43. The SMILES string of the molecule is CC(=O)Nc1cc(CSC2=C(C(=O)O)N3C(=O)CC3SC2)cc[n+]1C. The van der Waals surface area contributed by atoms with Crippen molar-refractivity contribution in [1.82, 2.24) is 4.90 Å². The molecule has 3 rings (SSSR count). The van der Waals surface area contributed by atoms with Gasteiger partial charge in [-0.15, -0.1) is 23.5 Å². The minimum atomic E-state index is -1.06. The second-order valence-electron chi connectivity index (χ2n) is 5.81. The number of aryl methyl sites for hydroxylation is 1. The number of carbonyl (C=O) groups excluding carboxylic acids is 2. The summed E-state index contributed by atoms with van der Waals surface area (Å²) >= 11 is 3.02. The van der Waals surface area contributed by atoms with Gasteiger partial charge in [-0.2, -0.15) is 0 Å². The minimum absolute atomic E-state index is 0.0369. The zero-order valence-corrected chi connectivity index (χ0v) is 15.4. The quantitative estimate of drug-likeness (QED) is 0.591. The van der Waals surface area contributed by atoms with Gasteiger partial charge in [0.1, 0.15) is 5.70 Å². The largest absolute Gasteiger partial charge is 0.477 e. The summed E-state index contributed by atoms with van der Waals surface area (Å²) in [6.07, 6.45) is 2.26. The van der Waals surface area contributed by atoms with Crippen molar-refractivity contribution in [1.29, 1.82) is 0 Å². The molecule has 1 saturated heterocycles. The second kappa shape index (κ2) is 7.09. The molecule has 3 heterocycles. The molecule has 2 aliphatic rings. The van der Waals surface area contributed by atoms with Crippen LogP contribution in [0.5, 0.6) is 0 Å². The lowest BCUT2D eigenvalue weighted by molar-refractivity contribution is -0.657. The Morgan fingerprint density at radius 3 is 2.92 bits per heavy atom. The van der Waals surface area contributed by atoms with Crippen molar-refractivity contribution in [2.24, 2.45) is 7.05 Å². The molecule has 1 unspecified atom stereocenters. The number of thioether (sulfide) groups is 2. The molecule has 1 fully saturated rings. The normalized spacial score (nSPS) is 19.4. The predicted molar refractivity (Wildman–Crippen MR) is 95.6 cm³/mol. The molecule has 0 aromatic carbocycles. The molecule has 1 aromatic rings. The molecule has 0 aliphatic carbocycles. The van der Waals surface area contributed by atoms with E-state index in [1.54, 1.807) is 16.3 Å². The number of β-lactam (4-membered cyclic amide) rings is 1. The second-order valence-corrected chi connectivity index (χ2v) is 8.05. The Kier molecular flexibility index (Phi) is 5.05. The molecule has 1 aromatic heterocycles. The maximum Gasteiger partial charge on any atom is 0.353 e. The van der Waals surface area contributed by atoms with Crippen LogP contribution in [-0.2, 0) is 27.2 Å². The van der Waals surface area contributed by atoms with Crippen LogP contribution in [0.25, 0.3) is 0 Å². The first-order valence-corrected chi connectivity index (χ1v) is 9.69. The van der Waals surface area contributed by atoms with Crippen LogP contribution in [0, 0.1) is 0 Å². The summed E-state index contributed by atoms with van der Waals surface area (Å²) in [4.78, 5) is 36.7. The van der Waals surface area contributed by atoms with E-state index in [-0.39, 0.29) is 22.9 Å². The lowest BCUT2D eigenvalue weighted by Crippen LogP contribution is -2.53. The smallest absolute Gasteiger partial charge is 0.353 e. The Labute approximate surface area is 153 Å². The first-order chi connectivity index (χ1) is 11.9. The summed E-state index contributed by atoms with van der Waals surface area (Å²) in [6, 6.07) is 3.79. The molecule has 2 aliphatic heterocycles. The maximum absolute atomic E-state index is 11.7. The topological polar surface area (TPSA) is 90.6 Å². The van der Waals surface area contributed by atoms with Crippen LogP contribution in [0.1, 0.15) is 18.9 Å². The number of hydrogen-bond donors (Lipinski definition) is 2. The number of amides is 2. The third kappa shape index (κ3) is 3.67. The van der Waals surface area contributed by atoms with E-state index in [1.165, 1.54) is 23.6 Å². The highest BCUT2D eigenvalue weighted by atomic mass is 32.2. The Bertz CT molecular complexity index is 794. The number of hydrogen-bond acceptors (Lipinski definition) is 5. The fraction of sp³-hybridized carbons (Fsp3) is 0.375. The van der Waals surface area contributed by atoms with Crippen LogP contribution in [0.3, 0.4) is 0 Å². The van der Waals surface area contributed by atoms with Crippen molar-refractivity contribution in [2.45, 2.75) is 24.5 Å². The number of nitrogens with one attached hydrogen (secondary N) is 1. The number of carboxylic acids is 1. The summed E-state index contributed by atoms with van der Waals surface area (Å²) in [5.41, 5.74) is 1.08. The summed E-state index contributed by atoms with van der Waals surface area (Å²) in [5.74, 6) is 0.496. The van der Waals surface area contributed by atoms with E-state index in [0.29, 0.717) is 28.6 Å². The van der Waals surface area contributed by atoms with Gasteiger partial charge in [0.25, 0.3) is 5.82 Å². The zero-order valence-electron chi connectivity index (χ0n) is 13.8. The average molecular weight is 380 g/mol. The number of carbonyl (C=O) groups is 3.